The fourth-order valence-electron chi connectivity index (χ4n) is 4.37. The van der Waals surface area contributed by atoms with E-state index in [1.165, 1.54) is 6.07 Å². The highest BCUT2D eigenvalue weighted by Gasteiger charge is 2.22. The molecule has 0 bridgehead atoms. The minimum Gasteiger partial charge on any atom is -0.367 e. The molecule has 4 rings (SSSR count). The maximum absolute atomic E-state index is 14.0. The summed E-state index contributed by atoms with van der Waals surface area (Å²) in [6, 6.07) is 7.35. The molecule has 2 aliphatic rings. The van der Waals surface area contributed by atoms with Crippen molar-refractivity contribution >= 4 is 35.6 Å². The van der Waals surface area contributed by atoms with Crippen LogP contribution in [0.1, 0.15) is 24.5 Å². The van der Waals surface area contributed by atoms with E-state index in [0.717, 1.165) is 88.4 Å². The van der Waals surface area contributed by atoms with Crippen LogP contribution in [-0.4, -0.2) is 78.0 Å². The summed E-state index contributed by atoms with van der Waals surface area (Å²) in [5, 5.41) is 11.4. The summed E-state index contributed by atoms with van der Waals surface area (Å²) in [4.78, 5) is 13.4. The molecule has 0 radical (unpaired) electrons. The largest absolute Gasteiger partial charge is 0.367 e. The summed E-state index contributed by atoms with van der Waals surface area (Å²) < 4.78 is 16.0. The first-order valence-electron chi connectivity index (χ1n) is 11.2. The first kappa shape index (κ1) is 24.7. The van der Waals surface area contributed by atoms with Gasteiger partial charge in [0.25, 0.3) is 0 Å². The molecule has 0 spiro atoms. The van der Waals surface area contributed by atoms with Crippen LogP contribution < -0.4 is 15.5 Å². The van der Waals surface area contributed by atoms with Gasteiger partial charge in [0.1, 0.15) is 17.5 Å². The summed E-state index contributed by atoms with van der Waals surface area (Å²) in [5.41, 5.74) is 0.717. The number of halogens is 2. The molecule has 10 heteroatoms. The van der Waals surface area contributed by atoms with Crippen LogP contribution in [0.4, 0.5) is 10.1 Å². The number of benzene rings is 1. The number of guanidine groups is 1. The molecule has 1 fully saturated rings. The zero-order valence-corrected chi connectivity index (χ0v) is 21.3. The molecule has 0 amide bonds. The second-order valence-corrected chi connectivity index (χ2v) is 8.27. The fraction of sp³-hybridized carbons (Fsp3) is 0.591. The van der Waals surface area contributed by atoms with E-state index in [1.54, 1.807) is 6.07 Å². The molecule has 0 aliphatic carbocycles. The lowest BCUT2D eigenvalue weighted by Crippen LogP contribution is -2.48. The number of aliphatic imine (C=N–C) groups is 1. The highest BCUT2D eigenvalue weighted by atomic mass is 127. The lowest BCUT2D eigenvalue weighted by molar-refractivity contribution is 0.254. The van der Waals surface area contributed by atoms with Gasteiger partial charge in [-0.05, 0) is 38.4 Å². The molecule has 3 heterocycles. The first-order chi connectivity index (χ1) is 15.1. The van der Waals surface area contributed by atoms with Crippen molar-refractivity contribution < 1.29 is 4.39 Å². The van der Waals surface area contributed by atoms with Crippen LogP contribution in [-0.2, 0) is 13.0 Å². The van der Waals surface area contributed by atoms with Gasteiger partial charge in [-0.3, -0.25) is 9.89 Å². The Labute approximate surface area is 206 Å². The van der Waals surface area contributed by atoms with Crippen molar-refractivity contribution in [3.8, 4) is 0 Å². The van der Waals surface area contributed by atoms with Crippen molar-refractivity contribution in [2.24, 2.45) is 4.99 Å². The number of nitrogens with zero attached hydrogens (tertiary/aromatic N) is 6. The van der Waals surface area contributed by atoms with E-state index in [0.29, 0.717) is 6.04 Å². The Morgan fingerprint density at radius 3 is 2.75 bits per heavy atom. The van der Waals surface area contributed by atoms with Gasteiger partial charge < -0.3 is 15.5 Å². The summed E-state index contributed by atoms with van der Waals surface area (Å²) in [7, 11) is 1.81. The van der Waals surface area contributed by atoms with Gasteiger partial charge in [0, 0.05) is 52.2 Å². The van der Waals surface area contributed by atoms with Gasteiger partial charge in [-0.15, -0.1) is 24.0 Å². The Balaban J connectivity index is 0.00000289. The van der Waals surface area contributed by atoms with E-state index in [9.17, 15) is 4.39 Å². The van der Waals surface area contributed by atoms with Crippen molar-refractivity contribution in [2.45, 2.75) is 38.8 Å². The molecule has 1 unspecified atom stereocenters. The van der Waals surface area contributed by atoms with Crippen molar-refractivity contribution in [3.63, 3.8) is 0 Å². The van der Waals surface area contributed by atoms with Gasteiger partial charge in [-0.25, -0.2) is 14.1 Å². The Morgan fingerprint density at radius 2 is 2.00 bits per heavy atom. The van der Waals surface area contributed by atoms with Crippen LogP contribution in [0.3, 0.4) is 0 Å². The summed E-state index contributed by atoms with van der Waals surface area (Å²) >= 11 is 0. The van der Waals surface area contributed by atoms with Gasteiger partial charge in [0.15, 0.2) is 5.96 Å². The number of rotatable bonds is 6. The molecule has 2 N–H and O–H groups in total. The monoisotopic (exact) mass is 556 g/mol. The Hall–Kier alpha value is -1.95. The zero-order chi connectivity index (χ0) is 21.6. The third-order valence-corrected chi connectivity index (χ3v) is 6.04. The smallest absolute Gasteiger partial charge is 0.191 e. The predicted octanol–water partition coefficient (Wildman–Crippen LogP) is 2.04. The van der Waals surface area contributed by atoms with E-state index >= 15 is 0 Å². The molecule has 2 aliphatic heterocycles. The topological polar surface area (TPSA) is 73.6 Å². The SMILES string of the molecule is CN=C(NCCCN1CCN(c2ccccc2F)CC1)NC1CCc2nc(C)nn2C1.I. The fourth-order valence-corrected chi connectivity index (χ4v) is 4.37. The van der Waals surface area contributed by atoms with E-state index in [4.69, 9.17) is 0 Å². The minimum atomic E-state index is -0.132. The minimum absolute atomic E-state index is 0. The second kappa shape index (κ2) is 11.8. The molecule has 0 saturated carbocycles. The maximum atomic E-state index is 14.0. The first-order valence-corrected chi connectivity index (χ1v) is 11.2. The molecule has 1 aromatic heterocycles. The third kappa shape index (κ3) is 6.31. The average molecular weight is 556 g/mol. The molecule has 1 saturated heterocycles. The molecule has 8 nitrogen and oxygen atoms in total. The number of nitrogens with one attached hydrogen (secondary N) is 2. The third-order valence-electron chi connectivity index (χ3n) is 6.04. The molecule has 32 heavy (non-hydrogen) atoms. The van der Waals surface area contributed by atoms with E-state index in [-0.39, 0.29) is 29.8 Å². The lowest BCUT2D eigenvalue weighted by Gasteiger charge is -2.36. The van der Waals surface area contributed by atoms with E-state index in [1.807, 2.05) is 30.8 Å². The van der Waals surface area contributed by atoms with Crippen molar-refractivity contribution in [1.82, 2.24) is 30.3 Å². The zero-order valence-electron chi connectivity index (χ0n) is 18.9. The van der Waals surface area contributed by atoms with Crippen LogP contribution in [0.15, 0.2) is 29.3 Å². The number of hydrogen-bond acceptors (Lipinski definition) is 5. The van der Waals surface area contributed by atoms with Crippen LogP contribution in [0.25, 0.3) is 0 Å². The molecular formula is C22H34FIN8. The van der Waals surface area contributed by atoms with Crippen molar-refractivity contribution in [1.29, 1.82) is 0 Å². The van der Waals surface area contributed by atoms with Gasteiger partial charge in [0.2, 0.25) is 0 Å². The quantitative estimate of drug-likeness (QED) is 0.246. The molecular weight excluding hydrogens is 522 g/mol. The number of anilines is 1. The summed E-state index contributed by atoms with van der Waals surface area (Å²) in [6.45, 7) is 8.31. The molecule has 1 atom stereocenters. The predicted molar refractivity (Wildman–Crippen MR) is 136 cm³/mol. The van der Waals surface area contributed by atoms with Crippen LogP contribution in [0, 0.1) is 12.7 Å². The number of hydrogen-bond donors (Lipinski definition) is 2. The van der Waals surface area contributed by atoms with Crippen LogP contribution >= 0.6 is 24.0 Å². The van der Waals surface area contributed by atoms with E-state index < -0.39 is 0 Å². The number of piperazine rings is 1. The normalized spacial score (nSPS) is 19.3. The molecule has 176 valence electrons. The summed E-state index contributed by atoms with van der Waals surface area (Å²) in [5.74, 6) is 2.63. The lowest BCUT2D eigenvalue weighted by atomic mass is 10.1. The van der Waals surface area contributed by atoms with Crippen LogP contribution in [0.2, 0.25) is 0 Å². The summed E-state index contributed by atoms with van der Waals surface area (Å²) in [6.07, 6.45) is 3.01. The van der Waals surface area contributed by atoms with Crippen molar-refractivity contribution in [2.75, 3.05) is 51.2 Å². The van der Waals surface area contributed by atoms with E-state index in [2.05, 4.69) is 35.5 Å². The molecule has 2 aromatic rings. The number of aromatic nitrogens is 3. The highest BCUT2D eigenvalue weighted by molar-refractivity contribution is 14.0. The van der Waals surface area contributed by atoms with Gasteiger partial charge >= 0.3 is 0 Å². The highest BCUT2D eigenvalue weighted by Crippen LogP contribution is 2.20. The Kier molecular flexibility index (Phi) is 9.09. The average Bonchev–Trinajstić information content (AvgIpc) is 3.16. The van der Waals surface area contributed by atoms with Gasteiger partial charge in [-0.2, -0.15) is 5.10 Å². The van der Waals surface area contributed by atoms with Gasteiger partial charge in [0.05, 0.1) is 12.2 Å². The number of fused-ring (bicyclic) bond motifs is 1. The standard InChI is InChI=1S/C22H33FN8.HI/c1-17-26-21-9-8-18(16-31(21)28-17)27-22(24-2)25-10-5-11-29-12-14-30(15-13-29)20-7-4-3-6-19(20)23;/h3-4,6-7,18H,5,8-16H2,1-2H3,(H2,24,25,27);1H. The number of aryl methyl sites for hydroxylation is 2. The number of para-hydroxylation sites is 1. The molecule has 1 aromatic carbocycles. The van der Waals surface area contributed by atoms with Crippen molar-refractivity contribution in [3.05, 3.63) is 41.7 Å². The van der Waals surface area contributed by atoms with Crippen LogP contribution in [0.5, 0.6) is 0 Å². The Morgan fingerprint density at radius 1 is 1.22 bits per heavy atom. The van der Waals surface area contributed by atoms with Gasteiger partial charge in [-0.1, -0.05) is 12.1 Å². The second-order valence-electron chi connectivity index (χ2n) is 8.27. The Bertz CT molecular complexity index is 894. The maximum Gasteiger partial charge on any atom is 0.191 e.